The maximum absolute atomic E-state index is 12.1. The molecule has 5 nitrogen and oxygen atoms in total. The first-order valence-electron chi connectivity index (χ1n) is 6.85. The van der Waals surface area contributed by atoms with Crippen LogP contribution < -0.4 is 11.5 Å². The number of primary amides is 1. The van der Waals surface area contributed by atoms with E-state index in [4.69, 9.17) is 11.5 Å². The molecular formula is C13H25N3O2. The van der Waals surface area contributed by atoms with Gasteiger partial charge in [-0.2, -0.15) is 0 Å². The Kier molecular flexibility index (Phi) is 6.12. The maximum Gasteiger partial charge on any atom is 0.240 e. The molecule has 1 saturated heterocycles. The Morgan fingerprint density at radius 3 is 2.67 bits per heavy atom. The van der Waals surface area contributed by atoms with E-state index in [-0.39, 0.29) is 11.8 Å². The lowest BCUT2D eigenvalue weighted by molar-refractivity contribution is -0.141. The van der Waals surface area contributed by atoms with Gasteiger partial charge < -0.3 is 16.4 Å². The predicted octanol–water partition coefficient (Wildman–Crippen LogP) is 0.618. The highest BCUT2D eigenvalue weighted by Gasteiger charge is 2.30. The van der Waals surface area contributed by atoms with Crippen molar-refractivity contribution in [2.75, 3.05) is 13.1 Å². The minimum atomic E-state index is -0.393. The Hall–Kier alpha value is -1.10. The Morgan fingerprint density at radius 1 is 1.33 bits per heavy atom. The predicted molar refractivity (Wildman–Crippen MR) is 70.6 cm³/mol. The third kappa shape index (κ3) is 4.29. The van der Waals surface area contributed by atoms with E-state index in [0.29, 0.717) is 31.8 Å². The molecule has 0 aliphatic carbocycles. The molecule has 1 aliphatic rings. The van der Waals surface area contributed by atoms with E-state index in [0.717, 1.165) is 25.7 Å². The van der Waals surface area contributed by atoms with Crippen LogP contribution in [0.2, 0.25) is 0 Å². The van der Waals surface area contributed by atoms with Gasteiger partial charge in [-0.15, -0.1) is 0 Å². The van der Waals surface area contributed by atoms with Crippen molar-refractivity contribution in [3.63, 3.8) is 0 Å². The van der Waals surface area contributed by atoms with Crippen molar-refractivity contribution in [3.05, 3.63) is 0 Å². The zero-order valence-electron chi connectivity index (χ0n) is 11.2. The Bertz CT molecular complexity index is 294. The monoisotopic (exact) mass is 255 g/mol. The molecule has 1 fully saturated rings. The van der Waals surface area contributed by atoms with Gasteiger partial charge in [0.05, 0.1) is 0 Å². The molecule has 4 N–H and O–H groups in total. The lowest BCUT2D eigenvalue weighted by atomic mass is 9.98. The van der Waals surface area contributed by atoms with Crippen LogP contribution in [0.15, 0.2) is 0 Å². The summed E-state index contributed by atoms with van der Waals surface area (Å²) in [6.45, 7) is 3.42. The van der Waals surface area contributed by atoms with Gasteiger partial charge in [-0.25, -0.2) is 0 Å². The molecule has 0 radical (unpaired) electrons. The van der Waals surface area contributed by atoms with Gasteiger partial charge in [0.25, 0.3) is 0 Å². The summed E-state index contributed by atoms with van der Waals surface area (Å²) in [5.74, 6) is 0.135. The average Bonchev–Trinajstić information content (AvgIpc) is 2.36. The van der Waals surface area contributed by atoms with Crippen LogP contribution in [0.1, 0.15) is 45.4 Å². The van der Waals surface area contributed by atoms with Crippen molar-refractivity contribution in [1.82, 2.24) is 4.90 Å². The summed E-state index contributed by atoms with van der Waals surface area (Å²) >= 11 is 0. The van der Waals surface area contributed by atoms with E-state index in [2.05, 4.69) is 6.92 Å². The molecule has 2 unspecified atom stereocenters. The third-order valence-electron chi connectivity index (χ3n) is 3.66. The summed E-state index contributed by atoms with van der Waals surface area (Å²) in [4.78, 5) is 25.1. The second kappa shape index (κ2) is 7.36. The Morgan fingerprint density at radius 2 is 2.06 bits per heavy atom. The minimum Gasteiger partial charge on any atom is -0.368 e. The van der Waals surface area contributed by atoms with Crippen molar-refractivity contribution in [3.8, 4) is 0 Å². The van der Waals surface area contributed by atoms with Gasteiger partial charge >= 0.3 is 0 Å². The first-order valence-corrected chi connectivity index (χ1v) is 6.85. The van der Waals surface area contributed by atoms with Crippen LogP contribution in [0.5, 0.6) is 0 Å². The van der Waals surface area contributed by atoms with Gasteiger partial charge in [-0.1, -0.05) is 6.92 Å². The van der Waals surface area contributed by atoms with Gasteiger partial charge in [0.2, 0.25) is 11.8 Å². The van der Waals surface area contributed by atoms with Crippen molar-refractivity contribution < 1.29 is 9.59 Å². The highest BCUT2D eigenvalue weighted by molar-refractivity contribution is 5.86. The number of nitrogens with two attached hydrogens (primary N) is 2. The standard InChI is InChI=1S/C13H25N3O2/c1-10(7-8-14)5-6-12(17)16-9-3-2-4-11(16)13(15)18/h10-11H,2-9,14H2,1H3,(H2,15,18). The van der Waals surface area contributed by atoms with Gasteiger partial charge in [0, 0.05) is 13.0 Å². The number of nitrogens with zero attached hydrogens (tertiary/aromatic N) is 1. The fourth-order valence-corrected chi connectivity index (χ4v) is 2.47. The van der Waals surface area contributed by atoms with Crippen LogP contribution in [-0.2, 0) is 9.59 Å². The summed E-state index contributed by atoms with van der Waals surface area (Å²) in [6.07, 6.45) is 4.91. The van der Waals surface area contributed by atoms with E-state index < -0.39 is 6.04 Å². The van der Waals surface area contributed by atoms with Crippen molar-refractivity contribution >= 4 is 11.8 Å². The van der Waals surface area contributed by atoms with Crippen LogP contribution in [0.3, 0.4) is 0 Å². The molecule has 1 aliphatic heterocycles. The SMILES string of the molecule is CC(CCN)CCC(=O)N1CCCCC1C(N)=O. The second-order valence-corrected chi connectivity index (χ2v) is 5.22. The topological polar surface area (TPSA) is 89.4 Å². The molecule has 2 amide bonds. The summed E-state index contributed by atoms with van der Waals surface area (Å²) < 4.78 is 0. The van der Waals surface area contributed by atoms with Crippen LogP contribution in [0, 0.1) is 5.92 Å². The van der Waals surface area contributed by atoms with E-state index in [1.54, 1.807) is 4.90 Å². The van der Waals surface area contributed by atoms with Crippen LogP contribution in [0.4, 0.5) is 0 Å². The number of likely N-dealkylation sites (tertiary alicyclic amines) is 1. The quantitative estimate of drug-likeness (QED) is 0.729. The number of amides is 2. The zero-order chi connectivity index (χ0) is 13.5. The molecule has 0 spiro atoms. The van der Waals surface area contributed by atoms with Crippen LogP contribution in [-0.4, -0.2) is 35.8 Å². The maximum atomic E-state index is 12.1. The Labute approximate surface area is 109 Å². The number of hydrogen-bond acceptors (Lipinski definition) is 3. The fourth-order valence-electron chi connectivity index (χ4n) is 2.47. The number of carbonyl (C=O) groups is 2. The van der Waals surface area contributed by atoms with E-state index in [1.807, 2.05) is 0 Å². The molecule has 18 heavy (non-hydrogen) atoms. The molecule has 0 bridgehead atoms. The van der Waals surface area contributed by atoms with Gasteiger partial charge in [-0.05, 0) is 44.6 Å². The summed E-state index contributed by atoms with van der Waals surface area (Å²) in [7, 11) is 0. The summed E-state index contributed by atoms with van der Waals surface area (Å²) in [5.41, 5.74) is 10.8. The largest absolute Gasteiger partial charge is 0.368 e. The number of carbonyl (C=O) groups excluding carboxylic acids is 2. The Balaban J connectivity index is 2.45. The van der Waals surface area contributed by atoms with Crippen LogP contribution >= 0.6 is 0 Å². The molecular weight excluding hydrogens is 230 g/mol. The highest BCUT2D eigenvalue weighted by atomic mass is 16.2. The molecule has 0 aromatic carbocycles. The lowest BCUT2D eigenvalue weighted by Crippen LogP contribution is -2.50. The molecule has 104 valence electrons. The summed E-state index contributed by atoms with van der Waals surface area (Å²) in [5, 5.41) is 0. The van der Waals surface area contributed by atoms with Gasteiger partial charge in [-0.3, -0.25) is 9.59 Å². The normalized spacial score (nSPS) is 21.7. The zero-order valence-corrected chi connectivity index (χ0v) is 11.2. The lowest BCUT2D eigenvalue weighted by Gasteiger charge is -2.34. The van der Waals surface area contributed by atoms with E-state index in [9.17, 15) is 9.59 Å². The molecule has 1 heterocycles. The summed E-state index contributed by atoms with van der Waals surface area (Å²) in [6, 6.07) is -0.393. The van der Waals surface area contributed by atoms with E-state index >= 15 is 0 Å². The molecule has 1 rings (SSSR count). The third-order valence-corrected chi connectivity index (χ3v) is 3.66. The minimum absolute atomic E-state index is 0.0578. The smallest absolute Gasteiger partial charge is 0.240 e. The molecule has 2 atom stereocenters. The van der Waals surface area contributed by atoms with Crippen molar-refractivity contribution in [2.24, 2.45) is 17.4 Å². The second-order valence-electron chi connectivity index (χ2n) is 5.22. The number of piperidine rings is 1. The first kappa shape index (κ1) is 15.0. The molecule has 0 aromatic rings. The highest BCUT2D eigenvalue weighted by Crippen LogP contribution is 2.19. The molecule has 5 heteroatoms. The van der Waals surface area contributed by atoms with Gasteiger partial charge in [0.15, 0.2) is 0 Å². The van der Waals surface area contributed by atoms with E-state index in [1.165, 1.54) is 0 Å². The first-order chi connectivity index (χ1) is 8.56. The molecule has 0 aromatic heterocycles. The average molecular weight is 255 g/mol. The van der Waals surface area contributed by atoms with Crippen LogP contribution in [0.25, 0.3) is 0 Å². The van der Waals surface area contributed by atoms with Crippen molar-refractivity contribution in [1.29, 1.82) is 0 Å². The molecule has 0 saturated carbocycles. The number of hydrogen-bond donors (Lipinski definition) is 2. The number of rotatable bonds is 6. The van der Waals surface area contributed by atoms with Gasteiger partial charge in [0.1, 0.15) is 6.04 Å². The van der Waals surface area contributed by atoms with Crippen molar-refractivity contribution in [2.45, 2.75) is 51.5 Å². The fraction of sp³-hybridized carbons (Fsp3) is 0.846.